The summed E-state index contributed by atoms with van der Waals surface area (Å²) in [6.07, 6.45) is 3.67. The molecule has 2 bridgehead atoms. The first kappa shape index (κ1) is 15.7. The topological polar surface area (TPSA) is 34.1 Å². The van der Waals surface area contributed by atoms with E-state index in [1.807, 2.05) is 0 Å². The fourth-order valence-corrected chi connectivity index (χ4v) is 5.71. The Morgan fingerprint density at radius 2 is 1.64 bits per heavy atom. The van der Waals surface area contributed by atoms with Crippen LogP contribution in [0.3, 0.4) is 0 Å². The first-order valence-electron chi connectivity index (χ1n) is 7.51. The number of hydrogen-bond donors (Lipinski definition) is 0. The third-order valence-corrected chi connectivity index (χ3v) is 6.88. The molecule has 6 heteroatoms. The Balaban J connectivity index is 1.73. The zero-order valence-corrected chi connectivity index (χ0v) is 12.8. The second kappa shape index (κ2) is 6.14. The van der Waals surface area contributed by atoms with E-state index in [1.165, 1.54) is 0 Å². The maximum Gasteiger partial charge on any atom is 0.161 e. The van der Waals surface area contributed by atoms with Gasteiger partial charge in [0.15, 0.2) is 11.6 Å². The van der Waals surface area contributed by atoms with Gasteiger partial charge in [0.25, 0.3) is 0 Å². The van der Waals surface area contributed by atoms with Crippen molar-refractivity contribution in [3.8, 4) is 0 Å². The average Bonchev–Trinajstić information content (AvgIpc) is 2.44. The van der Waals surface area contributed by atoms with Gasteiger partial charge in [-0.3, -0.25) is 9.00 Å². The highest BCUT2D eigenvalue weighted by Crippen LogP contribution is 2.37. The summed E-state index contributed by atoms with van der Waals surface area (Å²) in [5.41, 5.74) is -0.110. The van der Waals surface area contributed by atoms with E-state index in [2.05, 4.69) is 0 Å². The fraction of sp³-hybridized carbons (Fsp3) is 0.562. The second-order valence-electron chi connectivity index (χ2n) is 6.17. The van der Waals surface area contributed by atoms with E-state index >= 15 is 0 Å². The van der Waals surface area contributed by atoms with Crippen molar-refractivity contribution in [2.24, 2.45) is 5.92 Å². The lowest BCUT2D eigenvalue weighted by molar-refractivity contribution is -0.122. The van der Waals surface area contributed by atoms with E-state index in [9.17, 15) is 22.2 Å². The molecular formula is C16H17F3O2S. The van der Waals surface area contributed by atoms with Gasteiger partial charge in [-0.1, -0.05) is 6.42 Å². The van der Waals surface area contributed by atoms with Crippen LogP contribution >= 0.6 is 0 Å². The lowest BCUT2D eigenvalue weighted by Crippen LogP contribution is -2.41. The Morgan fingerprint density at radius 3 is 2.27 bits per heavy atom. The molecule has 22 heavy (non-hydrogen) atoms. The molecule has 3 rings (SSSR count). The smallest absolute Gasteiger partial charge is 0.161 e. The molecule has 2 aliphatic heterocycles. The molecule has 2 nitrogen and oxygen atoms in total. The molecular weight excluding hydrogens is 313 g/mol. The number of ketones is 1. The second-order valence-corrected chi connectivity index (χ2v) is 8.16. The standard InChI is InChI=1S/C16H17F3O2S/c17-13-8-15(19)14(18)6-9(13)7-16(20)10-4-11-2-1-3-12(5-10)22(11)21/h6,8,10-12H,1-5,7H2. The Hall–Kier alpha value is -1.17. The third kappa shape index (κ3) is 2.98. The molecule has 120 valence electrons. The molecule has 0 radical (unpaired) electrons. The Bertz CT molecular complexity index is 616. The molecule has 2 atom stereocenters. The van der Waals surface area contributed by atoms with Gasteiger partial charge >= 0.3 is 0 Å². The van der Waals surface area contributed by atoms with Gasteiger partial charge in [-0.25, -0.2) is 13.2 Å². The lowest BCUT2D eigenvalue weighted by atomic mass is 9.84. The van der Waals surface area contributed by atoms with Crippen molar-refractivity contribution in [1.82, 2.24) is 0 Å². The van der Waals surface area contributed by atoms with Crippen LogP contribution in [-0.4, -0.2) is 20.5 Å². The summed E-state index contributed by atoms with van der Waals surface area (Å²) in [4.78, 5) is 12.4. The van der Waals surface area contributed by atoms with Gasteiger partial charge < -0.3 is 0 Å². The summed E-state index contributed by atoms with van der Waals surface area (Å²) < 4.78 is 51.9. The number of benzene rings is 1. The van der Waals surface area contributed by atoms with Crippen LogP contribution in [0.5, 0.6) is 0 Å². The van der Waals surface area contributed by atoms with E-state index in [4.69, 9.17) is 0 Å². The van der Waals surface area contributed by atoms with E-state index in [1.54, 1.807) is 0 Å². The summed E-state index contributed by atoms with van der Waals surface area (Å²) in [6, 6.07) is 1.23. The summed E-state index contributed by atoms with van der Waals surface area (Å²) >= 11 is 0. The van der Waals surface area contributed by atoms with Crippen LogP contribution in [-0.2, 0) is 22.0 Å². The van der Waals surface area contributed by atoms with Crippen LogP contribution in [0, 0.1) is 23.4 Å². The average molecular weight is 330 g/mol. The van der Waals surface area contributed by atoms with Crippen molar-refractivity contribution < 1.29 is 22.2 Å². The SMILES string of the molecule is O=C(Cc1cc(F)c(F)cc1F)C1CC2CCCC(C1)S2=O. The highest BCUT2D eigenvalue weighted by atomic mass is 32.2. The van der Waals surface area contributed by atoms with E-state index in [-0.39, 0.29) is 34.2 Å². The third-order valence-electron chi connectivity index (χ3n) is 4.71. The first-order valence-corrected chi connectivity index (χ1v) is 8.79. The first-order chi connectivity index (χ1) is 10.5. The zero-order chi connectivity index (χ0) is 15.9. The van der Waals surface area contributed by atoms with Crippen LogP contribution in [0.25, 0.3) is 0 Å². The van der Waals surface area contributed by atoms with Crippen molar-refractivity contribution in [2.75, 3.05) is 0 Å². The number of carbonyl (C=O) groups excluding carboxylic acids is 1. The van der Waals surface area contributed by atoms with Crippen LogP contribution in [0.1, 0.15) is 37.7 Å². The summed E-state index contributed by atoms with van der Waals surface area (Å²) in [5, 5.41) is 0.104. The quantitative estimate of drug-likeness (QED) is 0.797. The maximum atomic E-state index is 13.6. The minimum Gasteiger partial charge on any atom is -0.299 e. The summed E-state index contributed by atoms with van der Waals surface area (Å²) in [6.45, 7) is 0. The van der Waals surface area contributed by atoms with E-state index < -0.39 is 28.3 Å². The molecule has 0 N–H and O–H groups in total. The number of Topliss-reactive ketones (excluding diaryl/α,β-unsaturated/α-hetero) is 1. The molecule has 0 aromatic heterocycles. The molecule has 2 heterocycles. The van der Waals surface area contributed by atoms with Gasteiger partial charge in [-0.05, 0) is 37.3 Å². The number of carbonyl (C=O) groups is 1. The predicted molar refractivity (Wildman–Crippen MR) is 77.3 cm³/mol. The van der Waals surface area contributed by atoms with Crippen LogP contribution < -0.4 is 0 Å². The molecule has 2 unspecified atom stereocenters. The highest BCUT2D eigenvalue weighted by molar-refractivity contribution is 7.86. The Kier molecular flexibility index (Phi) is 4.39. The summed E-state index contributed by atoms with van der Waals surface area (Å²) in [5.74, 6) is -3.71. The van der Waals surface area contributed by atoms with Gasteiger partial charge in [0.2, 0.25) is 0 Å². The number of halogens is 3. The van der Waals surface area contributed by atoms with Gasteiger partial charge in [0, 0.05) is 39.7 Å². The van der Waals surface area contributed by atoms with Crippen molar-refractivity contribution >= 4 is 16.6 Å². The molecule has 2 fully saturated rings. The lowest BCUT2D eigenvalue weighted by Gasteiger charge is -2.37. The summed E-state index contributed by atoms with van der Waals surface area (Å²) in [7, 11) is -0.867. The number of hydrogen-bond acceptors (Lipinski definition) is 2. The van der Waals surface area contributed by atoms with Crippen LogP contribution in [0.4, 0.5) is 13.2 Å². The van der Waals surface area contributed by atoms with Crippen molar-refractivity contribution in [1.29, 1.82) is 0 Å². The minimum atomic E-state index is -1.25. The molecule has 1 aromatic rings. The monoisotopic (exact) mass is 330 g/mol. The van der Waals surface area contributed by atoms with Gasteiger partial charge in [-0.2, -0.15) is 0 Å². The zero-order valence-electron chi connectivity index (χ0n) is 12.0. The van der Waals surface area contributed by atoms with Gasteiger partial charge in [-0.15, -0.1) is 0 Å². The Labute approximate surface area is 129 Å². The molecule has 0 saturated carbocycles. The molecule has 1 aromatic carbocycles. The van der Waals surface area contributed by atoms with E-state index in [0.717, 1.165) is 25.3 Å². The molecule has 2 saturated heterocycles. The normalized spacial score (nSPS) is 31.0. The fourth-order valence-electron chi connectivity index (χ4n) is 3.53. The van der Waals surface area contributed by atoms with Crippen molar-refractivity contribution in [3.63, 3.8) is 0 Å². The number of fused-ring (bicyclic) bond motifs is 2. The highest BCUT2D eigenvalue weighted by Gasteiger charge is 2.40. The minimum absolute atomic E-state index is 0.0521. The Morgan fingerprint density at radius 1 is 1.05 bits per heavy atom. The maximum absolute atomic E-state index is 13.6. The predicted octanol–water partition coefficient (Wildman–Crippen LogP) is 3.30. The van der Waals surface area contributed by atoms with E-state index in [0.29, 0.717) is 18.9 Å². The van der Waals surface area contributed by atoms with Gasteiger partial charge in [0.1, 0.15) is 11.6 Å². The largest absolute Gasteiger partial charge is 0.299 e. The molecule has 0 aliphatic carbocycles. The van der Waals surface area contributed by atoms with Crippen molar-refractivity contribution in [3.05, 3.63) is 35.1 Å². The van der Waals surface area contributed by atoms with Crippen LogP contribution in [0.2, 0.25) is 0 Å². The van der Waals surface area contributed by atoms with Crippen molar-refractivity contribution in [2.45, 2.75) is 49.0 Å². The van der Waals surface area contributed by atoms with Gasteiger partial charge in [0.05, 0.1) is 0 Å². The number of rotatable bonds is 3. The molecule has 0 spiro atoms. The van der Waals surface area contributed by atoms with Crippen LogP contribution in [0.15, 0.2) is 12.1 Å². The molecule has 0 amide bonds. The molecule has 2 aliphatic rings.